The zero-order valence-corrected chi connectivity index (χ0v) is 7.55. The lowest BCUT2D eigenvalue weighted by molar-refractivity contribution is -0.0492. The highest BCUT2D eigenvalue weighted by Crippen LogP contribution is 2.24. The molecule has 0 saturated carbocycles. The molecule has 66 valence electrons. The van der Waals surface area contributed by atoms with Gasteiger partial charge in [0.25, 0.3) is 0 Å². The van der Waals surface area contributed by atoms with Gasteiger partial charge in [0.05, 0.1) is 6.10 Å². The Morgan fingerprint density at radius 2 is 2.27 bits per heavy atom. The Hall–Kier alpha value is -0.0800. The molecule has 1 rings (SSSR count). The van der Waals surface area contributed by atoms with Crippen LogP contribution in [0.15, 0.2) is 0 Å². The number of rotatable bonds is 2. The molecule has 2 atom stereocenters. The fraction of sp³-hybridized carbons (Fsp3) is 1.00. The average Bonchev–Trinajstić information content (AvgIpc) is 2.04. The number of hydrogen-bond acceptors (Lipinski definition) is 2. The van der Waals surface area contributed by atoms with E-state index in [1.54, 1.807) is 0 Å². The molecular weight excluding hydrogens is 138 g/mol. The monoisotopic (exact) mass is 157 g/mol. The average molecular weight is 157 g/mol. The minimum Gasteiger partial charge on any atom is -0.378 e. The maximum absolute atomic E-state index is 5.66. The van der Waals surface area contributed by atoms with Crippen LogP contribution in [0.25, 0.3) is 0 Å². The van der Waals surface area contributed by atoms with Gasteiger partial charge in [-0.05, 0) is 31.2 Å². The van der Waals surface area contributed by atoms with Crippen molar-refractivity contribution in [1.29, 1.82) is 0 Å². The molecule has 11 heavy (non-hydrogen) atoms. The van der Waals surface area contributed by atoms with Crippen molar-refractivity contribution in [3.8, 4) is 0 Å². The molecule has 0 amide bonds. The first-order chi connectivity index (χ1) is 5.25. The molecule has 1 aliphatic rings. The summed E-state index contributed by atoms with van der Waals surface area (Å²) < 4.78 is 5.66. The summed E-state index contributed by atoms with van der Waals surface area (Å²) in [6, 6.07) is 0. The summed E-state index contributed by atoms with van der Waals surface area (Å²) in [5.41, 5.74) is 5.65. The van der Waals surface area contributed by atoms with Crippen LogP contribution in [0.5, 0.6) is 0 Å². The standard InChI is InChI=1S/C9H19NO/c1-7(2)9-8(6-10)4-3-5-11-9/h7-9H,3-6,10H2,1-2H3/t8-,9+/m0/s1. The van der Waals surface area contributed by atoms with E-state index in [9.17, 15) is 0 Å². The Labute approximate surface area is 69.1 Å². The highest BCUT2D eigenvalue weighted by molar-refractivity contribution is 4.77. The normalized spacial score (nSPS) is 32.7. The Morgan fingerprint density at radius 1 is 1.55 bits per heavy atom. The molecule has 1 fully saturated rings. The summed E-state index contributed by atoms with van der Waals surface area (Å²) in [4.78, 5) is 0. The summed E-state index contributed by atoms with van der Waals surface area (Å²) >= 11 is 0. The van der Waals surface area contributed by atoms with Gasteiger partial charge in [-0.15, -0.1) is 0 Å². The van der Waals surface area contributed by atoms with Crippen molar-refractivity contribution in [1.82, 2.24) is 0 Å². The smallest absolute Gasteiger partial charge is 0.0638 e. The molecule has 0 spiro atoms. The third-order valence-electron chi connectivity index (χ3n) is 2.45. The minimum absolute atomic E-state index is 0.411. The van der Waals surface area contributed by atoms with Crippen molar-refractivity contribution >= 4 is 0 Å². The second-order valence-electron chi connectivity index (χ2n) is 3.72. The third kappa shape index (κ3) is 2.17. The largest absolute Gasteiger partial charge is 0.378 e. The molecule has 1 heterocycles. The van der Waals surface area contributed by atoms with E-state index >= 15 is 0 Å². The summed E-state index contributed by atoms with van der Waals surface area (Å²) in [5, 5.41) is 0. The van der Waals surface area contributed by atoms with Gasteiger partial charge in [0.2, 0.25) is 0 Å². The zero-order chi connectivity index (χ0) is 8.27. The van der Waals surface area contributed by atoms with Crippen LogP contribution in [-0.4, -0.2) is 19.3 Å². The van der Waals surface area contributed by atoms with Crippen molar-refractivity contribution < 1.29 is 4.74 Å². The van der Waals surface area contributed by atoms with Crippen LogP contribution in [0.4, 0.5) is 0 Å². The van der Waals surface area contributed by atoms with E-state index in [-0.39, 0.29) is 0 Å². The maximum atomic E-state index is 5.66. The number of hydrogen-bond donors (Lipinski definition) is 1. The van der Waals surface area contributed by atoms with Gasteiger partial charge >= 0.3 is 0 Å². The van der Waals surface area contributed by atoms with E-state index in [0.29, 0.717) is 17.9 Å². The lowest BCUT2D eigenvalue weighted by atomic mass is 9.88. The van der Waals surface area contributed by atoms with Crippen molar-refractivity contribution in [2.24, 2.45) is 17.6 Å². The van der Waals surface area contributed by atoms with E-state index in [0.717, 1.165) is 13.2 Å². The Morgan fingerprint density at radius 3 is 2.73 bits per heavy atom. The summed E-state index contributed by atoms with van der Waals surface area (Å²) in [6.45, 7) is 6.12. The van der Waals surface area contributed by atoms with Gasteiger partial charge in [-0.1, -0.05) is 13.8 Å². The first-order valence-corrected chi connectivity index (χ1v) is 4.57. The molecule has 0 aromatic heterocycles. The van der Waals surface area contributed by atoms with Crippen LogP contribution in [0.1, 0.15) is 26.7 Å². The van der Waals surface area contributed by atoms with E-state index in [2.05, 4.69) is 13.8 Å². The minimum atomic E-state index is 0.411. The lowest BCUT2D eigenvalue weighted by Gasteiger charge is -2.33. The van der Waals surface area contributed by atoms with Crippen LogP contribution < -0.4 is 5.73 Å². The SMILES string of the molecule is CC(C)[C@H]1OCCC[C@H]1CN. The van der Waals surface area contributed by atoms with Gasteiger partial charge in [0.1, 0.15) is 0 Å². The van der Waals surface area contributed by atoms with Gasteiger partial charge in [-0.3, -0.25) is 0 Å². The predicted octanol–water partition coefficient (Wildman–Crippen LogP) is 1.40. The van der Waals surface area contributed by atoms with Crippen molar-refractivity contribution in [2.75, 3.05) is 13.2 Å². The second kappa shape index (κ2) is 4.07. The quantitative estimate of drug-likeness (QED) is 0.657. The van der Waals surface area contributed by atoms with Crippen molar-refractivity contribution in [3.05, 3.63) is 0 Å². The molecule has 2 N–H and O–H groups in total. The van der Waals surface area contributed by atoms with Crippen molar-refractivity contribution in [2.45, 2.75) is 32.8 Å². The summed E-state index contributed by atoms with van der Waals surface area (Å²) in [7, 11) is 0. The van der Waals surface area contributed by atoms with Crippen LogP contribution in [0, 0.1) is 11.8 Å². The molecule has 2 heteroatoms. The van der Waals surface area contributed by atoms with E-state index in [1.807, 2.05) is 0 Å². The van der Waals surface area contributed by atoms with Gasteiger partial charge in [0, 0.05) is 6.61 Å². The van der Waals surface area contributed by atoms with Crippen molar-refractivity contribution in [3.63, 3.8) is 0 Å². The zero-order valence-electron chi connectivity index (χ0n) is 7.55. The van der Waals surface area contributed by atoms with Crippen LogP contribution in [-0.2, 0) is 4.74 Å². The summed E-state index contributed by atoms with van der Waals surface area (Å²) in [5.74, 6) is 1.22. The molecule has 0 aromatic rings. The molecule has 1 saturated heterocycles. The molecule has 0 aliphatic carbocycles. The highest BCUT2D eigenvalue weighted by atomic mass is 16.5. The number of ether oxygens (including phenoxy) is 1. The van der Waals surface area contributed by atoms with Crippen LogP contribution in [0.3, 0.4) is 0 Å². The Kier molecular flexibility index (Phi) is 3.34. The van der Waals surface area contributed by atoms with Crippen LogP contribution >= 0.6 is 0 Å². The Balaban J connectivity index is 2.44. The second-order valence-corrected chi connectivity index (χ2v) is 3.72. The van der Waals surface area contributed by atoms with Gasteiger partial charge in [0.15, 0.2) is 0 Å². The maximum Gasteiger partial charge on any atom is 0.0638 e. The van der Waals surface area contributed by atoms with E-state index < -0.39 is 0 Å². The molecule has 0 unspecified atom stereocenters. The summed E-state index contributed by atoms with van der Waals surface area (Å²) in [6.07, 6.45) is 2.85. The highest BCUT2D eigenvalue weighted by Gasteiger charge is 2.26. The molecular formula is C9H19NO. The Bertz CT molecular complexity index is 114. The first kappa shape index (κ1) is 9.01. The molecule has 1 aliphatic heterocycles. The van der Waals surface area contributed by atoms with Gasteiger partial charge < -0.3 is 10.5 Å². The number of nitrogens with two attached hydrogens (primary N) is 1. The predicted molar refractivity (Wildman–Crippen MR) is 46.4 cm³/mol. The van der Waals surface area contributed by atoms with E-state index in [4.69, 9.17) is 10.5 Å². The fourth-order valence-electron chi connectivity index (χ4n) is 1.85. The topological polar surface area (TPSA) is 35.2 Å². The molecule has 0 aromatic carbocycles. The fourth-order valence-corrected chi connectivity index (χ4v) is 1.85. The lowest BCUT2D eigenvalue weighted by Crippen LogP contribution is -2.37. The molecule has 0 radical (unpaired) electrons. The van der Waals surface area contributed by atoms with E-state index in [1.165, 1.54) is 12.8 Å². The third-order valence-corrected chi connectivity index (χ3v) is 2.45. The first-order valence-electron chi connectivity index (χ1n) is 4.57. The van der Waals surface area contributed by atoms with Gasteiger partial charge in [-0.25, -0.2) is 0 Å². The molecule has 2 nitrogen and oxygen atoms in total. The van der Waals surface area contributed by atoms with Gasteiger partial charge in [-0.2, -0.15) is 0 Å². The molecule has 0 bridgehead atoms. The van der Waals surface area contributed by atoms with Crippen LogP contribution in [0.2, 0.25) is 0 Å².